The highest BCUT2D eigenvalue weighted by Gasteiger charge is 2.45. The van der Waals surface area contributed by atoms with Crippen molar-refractivity contribution in [2.75, 3.05) is 32.8 Å². The molecule has 0 spiro atoms. The fraction of sp³-hybridized carbons (Fsp3) is 0.882. The van der Waals surface area contributed by atoms with Crippen LogP contribution in [0.5, 0.6) is 0 Å². The number of rotatable bonds is 8. The summed E-state index contributed by atoms with van der Waals surface area (Å²) in [5, 5.41) is 0. The van der Waals surface area contributed by atoms with Gasteiger partial charge in [-0.2, -0.15) is 0 Å². The van der Waals surface area contributed by atoms with Gasteiger partial charge in [0.25, 0.3) is 0 Å². The van der Waals surface area contributed by atoms with Gasteiger partial charge >= 0.3 is 0 Å². The molecule has 1 heterocycles. The molecule has 2 rings (SSSR count). The van der Waals surface area contributed by atoms with Crippen LogP contribution in [0.3, 0.4) is 0 Å². The van der Waals surface area contributed by atoms with Crippen LogP contribution in [0.4, 0.5) is 0 Å². The third-order valence-corrected chi connectivity index (χ3v) is 5.20. The van der Waals surface area contributed by atoms with Gasteiger partial charge in [0, 0.05) is 24.6 Å². The van der Waals surface area contributed by atoms with Crippen molar-refractivity contribution < 1.29 is 4.74 Å². The van der Waals surface area contributed by atoms with Crippen LogP contribution in [0.2, 0.25) is 0 Å². The molecule has 3 nitrogen and oxygen atoms in total. The van der Waals surface area contributed by atoms with Crippen molar-refractivity contribution in [3.63, 3.8) is 0 Å². The normalized spacial score (nSPS) is 24.2. The quantitative estimate of drug-likeness (QED) is 0.547. The van der Waals surface area contributed by atoms with E-state index in [4.69, 9.17) is 16.9 Å². The molecule has 1 atom stereocenters. The highest BCUT2D eigenvalue weighted by Crippen LogP contribution is 2.48. The molecule has 0 bridgehead atoms. The summed E-state index contributed by atoms with van der Waals surface area (Å²) in [5.74, 6) is 3.81. The van der Waals surface area contributed by atoms with E-state index in [1.807, 2.05) is 0 Å². The Bertz CT molecular complexity index is 324. The highest BCUT2D eigenvalue weighted by atomic mass is 16.5. The smallest absolute Gasteiger partial charge is 0.0593 e. The summed E-state index contributed by atoms with van der Waals surface area (Å²) in [7, 11) is 0. The van der Waals surface area contributed by atoms with Crippen LogP contribution in [0.25, 0.3) is 0 Å². The fourth-order valence-corrected chi connectivity index (χ4v) is 3.16. The van der Waals surface area contributed by atoms with Gasteiger partial charge in [0.1, 0.15) is 0 Å². The maximum Gasteiger partial charge on any atom is 0.0593 e. The number of piperidine rings is 1. The Kier molecular flexibility index (Phi) is 5.89. The SMILES string of the molecule is C#CC1(C(N)CCOCCN2CCC(CC)CC2)CC1. The van der Waals surface area contributed by atoms with Crippen molar-refractivity contribution in [2.45, 2.75) is 51.5 Å². The topological polar surface area (TPSA) is 38.5 Å². The number of nitrogens with zero attached hydrogens (tertiary/aromatic N) is 1. The van der Waals surface area contributed by atoms with Gasteiger partial charge in [-0.1, -0.05) is 19.3 Å². The molecule has 2 fully saturated rings. The Balaban J connectivity index is 1.49. The number of ether oxygens (including phenoxy) is 1. The van der Waals surface area contributed by atoms with Crippen LogP contribution < -0.4 is 5.73 Å². The average Bonchev–Trinajstić information content (AvgIpc) is 3.28. The molecule has 2 aliphatic rings. The number of hydrogen-bond acceptors (Lipinski definition) is 3. The first kappa shape index (κ1) is 15.8. The minimum atomic E-state index is 0.00535. The molecule has 1 saturated heterocycles. The van der Waals surface area contributed by atoms with Crippen LogP contribution in [0, 0.1) is 23.7 Å². The maximum absolute atomic E-state index is 6.15. The lowest BCUT2D eigenvalue weighted by Gasteiger charge is -2.31. The van der Waals surface area contributed by atoms with Crippen LogP contribution in [-0.4, -0.2) is 43.8 Å². The van der Waals surface area contributed by atoms with Crippen molar-refractivity contribution >= 4 is 0 Å². The van der Waals surface area contributed by atoms with E-state index in [2.05, 4.69) is 17.7 Å². The highest BCUT2D eigenvalue weighted by molar-refractivity contribution is 5.19. The number of hydrogen-bond donors (Lipinski definition) is 1. The number of terminal acetylenes is 1. The summed E-state index contributed by atoms with van der Waals surface area (Å²) in [6.45, 7) is 7.41. The van der Waals surface area contributed by atoms with Gasteiger partial charge in [-0.25, -0.2) is 0 Å². The summed E-state index contributed by atoms with van der Waals surface area (Å²) >= 11 is 0. The van der Waals surface area contributed by atoms with Crippen LogP contribution in [0.15, 0.2) is 0 Å². The second kappa shape index (κ2) is 7.45. The van der Waals surface area contributed by atoms with Gasteiger partial charge in [-0.15, -0.1) is 6.42 Å². The van der Waals surface area contributed by atoms with Gasteiger partial charge in [0.2, 0.25) is 0 Å². The van der Waals surface area contributed by atoms with Gasteiger partial charge < -0.3 is 15.4 Å². The minimum Gasteiger partial charge on any atom is -0.380 e. The summed E-state index contributed by atoms with van der Waals surface area (Å²) in [4.78, 5) is 2.52. The molecule has 3 heteroatoms. The van der Waals surface area contributed by atoms with Crippen molar-refractivity contribution in [2.24, 2.45) is 17.1 Å². The molecule has 1 aliphatic heterocycles. The molecular formula is C17H30N2O. The van der Waals surface area contributed by atoms with E-state index in [0.29, 0.717) is 0 Å². The zero-order valence-electron chi connectivity index (χ0n) is 12.9. The summed E-state index contributed by atoms with van der Waals surface area (Å²) < 4.78 is 5.74. The Morgan fingerprint density at radius 2 is 2.05 bits per heavy atom. The van der Waals surface area contributed by atoms with Gasteiger partial charge in [0.15, 0.2) is 0 Å². The molecule has 20 heavy (non-hydrogen) atoms. The third-order valence-electron chi connectivity index (χ3n) is 5.20. The van der Waals surface area contributed by atoms with Crippen LogP contribution in [-0.2, 0) is 4.74 Å². The summed E-state index contributed by atoms with van der Waals surface area (Å²) in [6.07, 6.45) is 12.7. The Morgan fingerprint density at radius 1 is 1.35 bits per heavy atom. The van der Waals surface area contributed by atoms with Crippen molar-refractivity contribution in [3.8, 4) is 12.3 Å². The summed E-state index contributed by atoms with van der Waals surface area (Å²) in [6, 6.07) is 0.118. The Hall–Kier alpha value is -0.560. The van der Waals surface area contributed by atoms with E-state index in [9.17, 15) is 0 Å². The second-order valence-corrected chi connectivity index (χ2v) is 6.50. The first-order chi connectivity index (χ1) is 9.70. The van der Waals surface area contributed by atoms with Crippen molar-refractivity contribution in [3.05, 3.63) is 0 Å². The number of likely N-dealkylation sites (tertiary alicyclic amines) is 1. The van der Waals surface area contributed by atoms with E-state index >= 15 is 0 Å². The third kappa shape index (κ3) is 4.22. The Labute approximate surface area is 124 Å². The minimum absolute atomic E-state index is 0.00535. The molecule has 0 radical (unpaired) electrons. The molecule has 2 N–H and O–H groups in total. The van der Waals surface area contributed by atoms with Gasteiger partial charge in [0.05, 0.1) is 6.61 Å². The largest absolute Gasteiger partial charge is 0.380 e. The van der Waals surface area contributed by atoms with Gasteiger partial charge in [-0.05, 0) is 51.1 Å². The maximum atomic E-state index is 6.15. The predicted octanol–water partition coefficient (Wildman–Crippen LogP) is 2.26. The van der Waals surface area contributed by atoms with E-state index in [1.54, 1.807) is 0 Å². The van der Waals surface area contributed by atoms with E-state index in [1.165, 1.54) is 32.4 Å². The van der Waals surface area contributed by atoms with E-state index < -0.39 is 0 Å². The molecule has 0 aromatic carbocycles. The van der Waals surface area contributed by atoms with E-state index in [-0.39, 0.29) is 11.5 Å². The van der Waals surface area contributed by atoms with Crippen molar-refractivity contribution in [1.29, 1.82) is 0 Å². The molecule has 1 aliphatic carbocycles. The molecule has 114 valence electrons. The molecule has 1 unspecified atom stereocenters. The molecular weight excluding hydrogens is 248 g/mol. The van der Waals surface area contributed by atoms with E-state index in [0.717, 1.165) is 44.9 Å². The monoisotopic (exact) mass is 278 g/mol. The first-order valence-corrected chi connectivity index (χ1v) is 8.23. The lowest BCUT2D eigenvalue weighted by Crippen LogP contribution is -2.36. The van der Waals surface area contributed by atoms with Crippen LogP contribution >= 0.6 is 0 Å². The lowest BCUT2D eigenvalue weighted by atomic mass is 9.94. The molecule has 0 aromatic rings. The van der Waals surface area contributed by atoms with Crippen LogP contribution in [0.1, 0.15) is 45.4 Å². The lowest BCUT2D eigenvalue weighted by molar-refractivity contribution is 0.0823. The predicted molar refractivity (Wildman–Crippen MR) is 83.4 cm³/mol. The van der Waals surface area contributed by atoms with Gasteiger partial charge in [-0.3, -0.25) is 0 Å². The fourth-order valence-electron chi connectivity index (χ4n) is 3.16. The standard InChI is InChI=1S/C17H30N2O/c1-3-15-5-10-19(11-6-15)12-14-20-13-7-16(18)17(4-2)8-9-17/h2,15-16H,3,5-14,18H2,1H3. The Morgan fingerprint density at radius 3 is 2.60 bits per heavy atom. The van der Waals surface area contributed by atoms with Crippen molar-refractivity contribution in [1.82, 2.24) is 4.90 Å². The average molecular weight is 278 g/mol. The zero-order valence-corrected chi connectivity index (χ0v) is 12.9. The number of nitrogens with two attached hydrogens (primary N) is 1. The molecule has 1 saturated carbocycles. The molecule has 0 aromatic heterocycles. The zero-order chi connectivity index (χ0) is 14.4. The summed E-state index contributed by atoms with van der Waals surface area (Å²) in [5.41, 5.74) is 6.15. The second-order valence-electron chi connectivity index (χ2n) is 6.50. The molecule has 0 amide bonds. The first-order valence-electron chi connectivity index (χ1n) is 8.23.